The summed E-state index contributed by atoms with van der Waals surface area (Å²) < 4.78 is 38.7. The predicted molar refractivity (Wildman–Crippen MR) is 143 cm³/mol. The molecule has 0 aliphatic carbocycles. The molecule has 0 aromatic heterocycles. The van der Waals surface area contributed by atoms with E-state index in [1.165, 1.54) is 22.5 Å². The lowest BCUT2D eigenvalue weighted by Crippen LogP contribution is -2.48. The van der Waals surface area contributed by atoms with Crippen molar-refractivity contribution in [3.05, 3.63) is 101 Å². The molecule has 1 saturated heterocycles. The summed E-state index contributed by atoms with van der Waals surface area (Å²) in [6.07, 6.45) is -0.566. The number of halogens is 1. The smallest absolute Gasteiger partial charge is 0.338 e. The SMILES string of the molecule is C[C@@H]1CN(S(=O)(=O)c2cc(C(=O)OCC(=O)NC(c3ccccc3)c3ccccc3)ccc2Cl)C[C@H](C)O1. The predicted octanol–water partition coefficient (Wildman–Crippen LogP) is 4.20. The molecule has 0 bridgehead atoms. The molecule has 200 valence electrons. The first-order chi connectivity index (χ1) is 18.1. The van der Waals surface area contributed by atoms with Crippen LogP contribution in [0.15, 0.2) is 83.8 Å². The van der Waals surface area contributed by atoms with Crippen LogP contribution in [-0.2, 0) is 24.3 Å². The molecule has 0 saturated carbocycles. The van der Waals surface area contributed by atoms with E-state index in [9.17, 15) is 18.0 Å². The Balaban J connectivity index is 1.46. The molecular weight excluding hydrogens is 528 g/mol. The van der Waals surface area contributed by atoms with Crippen molar-refractivity contribution in [3.8, 4) is 0 Å². The van der Waals surface area contributed by atoms with Crippen LogP contribution in [0.25, 0.3) is 0 Å². The highest BCUT2D eigenvalue weighted by Gasteiger charge is 2.34. The van der Waals surface area contributed by atoms with Gasteiger partial charge in [0.05, 0.1) is 28.8 Å². The second-order valence-corrected chi connectivity index (χ2v) is 11.4. The minimum absolute atomic E-state index is 0.0142. The van der Waals surface area contributed by atoms with Gasteiger partial charge < -0.3 is 14.8 Å². The third-order valence-electron chi connectivity index (χ3n) is 6.08. The van der Waals surface area contributed by atoms with Gasteiger partial charge in [-0.25, -0.2) is 13.2 Å². The Kier molecular flexibility index (Phi) is 8.83. The largest absolute Gasteiger partial charge is 0.452 e. The summed E-state index contributed by atoms with van der Waals surface area (Å²) in [7, 11) is -3.99. The number of esters is 1. The molecule has 10 heteroatoms. The Morgan fingerprint density at radius 1 is 0.974 bits per heavy atom. The van der Waals surface area contributed by atoms with Crippen molar-refractivity contribution in [1.29, 1.82) is 0 Å². The lowest BCUT2D eigenvalue weighted by Gasteiger charge is -2.34. The zero-order valence-corrected chi connectivity index (χ0v) is 22.6. The maximum atomic E-state index is 13.3. The first kappa shape index (κ1) is 27.8. The summed E-state index contributed by atoms with van der Waals surface area (Å²) >= 11 is 6.23. The van der Waals surface area contributed by atoms with Crippen molar-refractivity contribution in [3.63, 3.8) is 0 Å². The van der Waals surface area contributed by atoms with Crippen LogP contribution in [-0.4, -0.2) is 56.5 Å². The molecule has 2 atom stereocenters. The van der Waals surface area contributed by atoms with Crippen LogP contribution in [0.3, 0.4) is 0 Å². The van der Waals surface area contributed by atoms with E-state index in [4.69, 9.17) is 21.1 Å². The van der Waals surface area contributed by atoms with Crippen LogP contribution in [0, 0.1) is 0 Å². The normalized spacial score (nSPS) is 18.2. The number of hydrogen-bond donors (Lipinski definition) is 1. The highest BCUT2D eigenvalue weighted by atomic mass is 35.5. The molecule has 1 N–H and O–H groups in total. The van der Waals surface area contributed by atoms with Gasteiger partial charge in [0, 0.05) is 13.1 Å². The van der Waals surface area contributed by atoms with E-state index >= 15 is 0 Å². The van der Waals surface area contributed by atoms with E-state index in [-0.39, 0.29) is 40.8 Å². The molecule has 1 amide bonds. The number of rotatable bonds is 8. The van der Waals surface area contributed by atoms with E-state index < -0.39 is 34.5 Å². The average molecular weight is 557 g/mol. The Morgan fingerprint density at radius 2 is 1.53 bits per heavy atom. The molecule has 1 fully saturated rings. The average Bonchev–Trinajstić information content (AvgIpc) is 2.91. The Morgan fingerprint density at radius 3 is 2.08 bits per heavy atom. The van der Waals surface area contributed by atoms with Gasteiger partial charge in [-0.05, 0) is 43.2 Å². The van der Waals surface area contributed by atoms with E-state index in [0.29, 0.717) is 0 Å². The minimum Gasteiger partial charge on any atom is -0.452 e. The number of nitrogens with zero attached hydrogens (tertiary/aromatic N) is 1. The second kappa shape index (κ2) is 12.1. The summed E-state index contributed by atoms with van der Waals surface area (Å²) in [5.41, 5.74) is 1.72. The van der Waals surface area contributed by atoms with E-state index in [1.54, 1.807) is 13.8 Å². The number of ether oxygens (including phenoxy) is 2. The maximum Gasteiger partial charge on any atom is 0.338 e. The topological polar surface area (TPSA) is 102 Å². The van der Waals surface area contributed by atoms with Gasteiger partial charge in [0.1, 0.15) is 4.90 Å². The lowest BCUT2D eigenvalue weighted by molar-refractivity contribution is -0.124. The number of carbonyl (C=O) groups is 2. The quantitative estimate of drug-likeness (QED) is 0.417. The number of morpholine rings is 1. The van der Waals surface area contributed by atoms with Crippen molar-refractivity contribution >= 4 is 33.5 Å². The Bertz CT molecular complexity index is 1340. The zero-order chi connectivity index (χ0) is 27.3. The fourth-order valence-corrected chi connectivity index (χ4v) is 6.45. The number of benzene rings is 3. The summed E-state index contributed by atoms with van der Waals surface area (Å²) in [6, 6.07) is 22.3. The molecule has 0 unspecified atom stereocenters. The van der Waals surface area contributed by atoms with Crippen LogP contribution in [0.4, 0.5) is 0 Å². The molecular formula is C28H29ClN2O6S. The van der Waals surface area contributed by atoms with Crippen molar-refractivity contribution in [2.24, 2.45) is 0 Å². The second-order valence-electron chi connectivity index (χ2n) is 9.12. The van der Waals surface area contributed by atoms with Crippen molar-refractivity contribution in [2.45, 2.75) is 37.0 Å². The van der Waals surface area contributed by atoms with Crippen molar-refractivity contribution in [1.82, 2.24) is 9.62 Å². The zero-order valence-electron chi connectivity index (χ0n) is 21.0. The highest BCUT2D eigenvalue weighted by Crippen LogP contribution is 2.28. The molecule has 1 aliphatic rings. The van der Waals surface area contributed by atoms with E-state index in [0.717, 1.165) is 11.1 Å². The van der Waals surface area contributed by atoms with Gasteiger partial charge in [-0.1, -0.05) is 72.3 Å². The fraction of sp³-hybridized carbons (Fsp3) is 0.286. The number of nitrogens with one attached hydrogen (secondary N) is 1. The molecule has 0 radical (unpaired) electrons. The standard InChI is InChI=1S/C28H29ClN2O6S/c1-19-16-31(17-20(2)37-19)38(34,35)25-15-23(13-14-24(25)29)28(33)36-18-26(32)30-27(21-9-5-3-6-10-21)22-11-7-4-8-12-22/h3-15,19-20,27H,16-18H2,1-2H3,(H,30,32)/t19-,20+. The number of amides is 1. The maximum absolute atomic E-state index is 13.3. The molecule has 3 aromatic carbocycles. The molecule has 4 rings (SSSR count). The number of hydrogen-bond acceptors (Lipinski definition) is 6. The van der Waals surface area contributed by atoms with Crippen LogP contribution in [0.5, 0.6) is 0 Å². The summed E-state index contributed by atoms with van der Waals surface area (Å²) in [5.74, 6) is -1.35. The van der Waals surface area contributed by atoms with Crippen LogP contribution in [0.2, 0.25) is 5.02 Å². The van der Waals surface area contributed by atoms with Crippen LogP contribution < -0.4 is 5.32 Å². The van der Waals surface area contributed by atoms with Gasteiger partial charge in [0.25, 0.3) is 5.91 Å². The molecule has 0 spiro atoms. The van der Waals surface area contributed by atoms with Gasteiger partial charge in [0.15, 0.2) is 6.61 Å². The first-order valence-corrected chi connectivity index (χ1v) is 14.0. The Labute approximate surface area is 227 Å². The highest BCUT2D eigenvalue weighted by molar-refractivity contribution is 7.89. The van der Waals surface area contributed by atoms with Gasteiger partial charge in [-0.3, -0.25) is 4.79 Å². The molecule has 1 aliphatic heterocycles. The molecule has 3 aromatic rings. The van der Waals surface area contributed by atoms with E-state index in [2.05, 4.69) is 5.32 Å². The summed E-state index contributed by atoms with van der Waals surface area (Å²) in [5, 5.41) is 2.89. The number of sulfonamides is 1. The summed E-state index contributed by atoms with van der Waals surface area (Å²) in [6.45, 7) is 3.37. The molecule has 8 nitrogen and oxygen atoms in total. The third-order valence-corrected chi connectivity index (χ3v) is 8.39. The molecule has 1 heterocycles. The van der Waals surface area contributed by atoms with Crippen molar-refractivity contribution < 1.29 is 27.5 Å². The van der Waals surface area contributed by atoms with Crippen molar-refractivity contribution in [2.75, 3.05) is 19.7 Å². The van der Waals surface area contributed by atoms with Gasteiger partial charge in [-0.15, -0.1) is 0 Å². The molecule has 38 heavy (non-hydrogen) atoms. The van der Waals surface area contributed by atoms with Gasteiger partial charge in [-0.2, -0.15) is 4.31 Å². The Hall–Kier alpha value is -3.24. The summed E-state index contributed by atoms with van der Waals surface area (Å²) in [4.78, 5) is 25.3. The monoisotopic (exact) mass is 556 g/mol. The van der Waals surface area contributed by atoms with Crippen LogP contribution >= 0.6 is 11.6 Å². The van der Waals surface area contributed by atoms with Gasteiger partial charge in [0.2, 0.25) is 10.0 Å². The van der Waals surface area contributed by atoms with E-state index in [1.807, 2.05) is 60.7 Å². The number of carbonyl (C=O) groups excluding carboxylic acids is 2. The lowest BCUT2D eigenvalue weighted by atomic mass is 9.99. The fourth-order valence-electron chi connectivity index (χ4n) is 4.36. The first-order valence-electron chi connectivity index (χ1n) is 12.2. The minimum atomic E-state index is -3.99. The van der Waals surface area contributed by atoms with Gasteiger partial charge >= 0.3 is 5.97 Å². The third kappa shape index (κ3) is 6.60. The van der Waals surface area contributed by atoms with Crippen LogP contribution in [0.1, 0.15) is 41.4 Å².